The third kappa shape index (κ3) is 4.71. The second kappa shape index (κ2) is 10.2. The Labute approximate surface area is 198 Å². The van der Waals surface area contributed by atoms with Crippen LogP contribution in [0.1, 0.15) is 43.7 Å². The zero-order chi connectivity index (χ0) is 24.1. The van der Waals surface area contributed by atoms with Gasteiger partial charge in [0.25, 0.3) is 0 Å². The van der Waals surface area contributed by atoms with Crippen LogP contribution in [0.15, 0.2) is 54.9 Å². The standard InChI is InChI=1S/C26H29N3O5/c1-2-34-24(32)20-9-7-13-28(18-20)22(30)14-26(21-10-4-3-5-11-21)15-23(31)29(25(26)33)17-19-8-6-12-27-16-19/h3-6,8,10-12,16,20H,2,7,9,13-15,17-18H2,1H3/t20-,26+/m1/s1. The van der Waals surface area contributed by atoms with Gasteiger partial charge in [-0.3, -0.25) is 29.1 Å². The van der Waals surface area contributed by atoms with E-state index in [2.05, 4.69) is 4.98 Å². The SMILES string of the molecule is CCOC(=O)[C@@H]1CCCN(C(=O)C[C@@]2(c3ccccc3)CC(=O)N(Cc3cccnc3)C2=O)C1. The topological polar surface area (TPSA) is 96.9 Å². The molecule has 3 amide bonds. The predicted octanol–water partition coefficient (Wildman–Crippen LogP) is 2.47. The molecule has 8 nitrogen and oxygen atoms in total. The van der Waals surface area contributed by atoms with Crippen LogP contribution in [0.25, 0.3) is 0 Å². The Morgan fingerprint density at radius 1 is 1.15 bits per heavy atom. The average molecular weight is 464 g/mol. The summed E-state index contributed by atoms with van der Waals surface area (Å²) < 4.78 is 5.15. The highest BCUT2D eigenvalue weighted by molar-refractivity contribution is 6.10. The second-order valence-electron chi connectivity index (χ2n) is 8.88. The summed E-state index contributed by atoms with van der Waals surface area (Å²) in [5.74, 6) is -1.59. The van der Waals surface area contributed by atoms with Gasteiger partial charge >= 0.3 is 5.97 Å². The highest BCUT2D eigenvalue weighted by Crippen LogP contribution is 2.41. The Balaban J connectivity index is 1.59. The molecule has 0 spiro atoms. The van der Waals surface area contributed by atoms with Gasteiger partial charge in [0.1, 0.15) is 0 Å². The molecule has 2 aliphatic rings. The van der Waals surface area contributed by atoms with Crippen LogP contribution in [0.3, 0.4) is 0 Å². The maximum Gasteiger partial charge on any atom is 0.310 e. The number of hydrogen-bond donors (Lipinski definition) is 0. The molecule has 1 aromatic heterocycles. The lowest BCUT2D eigenvalue weighted by Crippen LogP contribution is -2.47. The van der Waals surface area contributed by atoms with Crippen LogP contribution < -0.4 is 0 Å². The molecule has 4 rings (SSSR count). The van der Waals surface area contributed by atoms with E-state index in [0.29, 0.717) is 31.6 Å². The summed E-state index contributed by atoms with van der Waals surface area (Å²) >= 11 is 0. The summed E-state index contributed by atoms with van der Waals surface area (Å²) in [5.41, 5.74) is 0.121. The molecule has 0 radical (unpaired) electrons. The van der Waals surface area contributed by atoms with E-state index in [1.165, 1.54) is 4.90 Å². The first-order valence-corrected chi connectivity index (χ1v) is 11.7. The van der Waals surface area contributed by atoms with Gasteiger partial charge in [0.2, 0.25) is 17.7 Å². The maximum atomic E-state index is 13.8. The number of benzene rings is 1. The molecule has 34 heavy (non-hydrogen) atoms. The number of pyridine rings is 1. The number of esters is 1. The third-order valence-electron chi connectivity index (χ3n) is 6.65. The third-order valence-corrected chi connectivity index (χ3v) is 6.65. The van der Waals surface area contributed by atoms with Crippen LogP contribution in [-0.4, -0.2) is 58.2 Å². The van der Waals surface area contributed by atoms with Gasteiger partial charge in [-0.2, -0.15) is 0 Å². The Bertz CT molecular complexity index is 1060. The highest BCUT2D eigenvalue weighted by Gasteiger charge is 2.54. The van der Waals surface area contributed by atoms with E-state index in [9.17, 15) is 19.2 Å². The summed E-state index contributed by atoms with van der Waals surface area (Å²) in [6.07, 6.45) is 4.41. The minimum atomic E-state index is -1.27. The van der Waals surface area contributed by atoms with Crippen molar-refractivity contribution in [2.24, 2.45) is 5.92 Å². The fourth-order valence-corrected chi connectivity index (χ4v) is 4.88. The Morgan fingerprint density at radius 3 is 2.65 bits per heavy atom. The smallest absolute Gasteiger partial charge is 0.310 e. The molecule has 0 aliphatic carbocycles. The van der Waals surface area contributed by atoms with E-state index in [-0.39, 0.29) is 55.5 Å². The first kappa shape index (κ1) is 23.6. The first-order chi connectivity index (χ1) is 16.4. The van der Waals surface area contributed by atoms with Crippen molar-refractivity contribution in [2.45, 2.75) is 44.6 Å². The van der Waals surface area contributed by atoms with E-state index in [4.69, 9.17) is 4.74 Å². The lowest BCUT2D eigenvalue weighted by atomic mass is 9.75. The van der Waals surface area contributed by atoms with E-state index >= 15 is 0 Å². The van der Waals surface area contributed by atoms with Crippen molar-refractivity contribution in [3.05, 3.63) is 66.0 Å². The van der Waals surface area contributed by atoms with Crippen LogP contribution in [-0.2, 0) is 35.9 Å². The number of imide groups is 1. The number of carbonyl (C=O) groups excluding carboxylic acids is 4. The van der Waals surface area contributed by atoms with Crippen LogP contribution >= 0.6 is 0 Å². The number of ether oxygens (including phenoxy) is 1. The van der Waals surface area contributed by atoms with Gasteiger partial charge in [0.15, 0.2) is 0 Å². The van der Waals surface area contributed by atoms with Crippen LogP contribution in [0.4, 0.5) is 0 Å². The molecule has 3 heterocycles. The number of rotatable bonds is 7. The van der Waals surface area contributed by atoms with Crippen molar-refractivity contribution in [1.29, 1.82) is 0 Å². The monoisotopic (exact) mass is 463 g/mol. The molecule has 2 fully saturated rings. The van der Waals surface area contributed by atoms with E-state index in [1.54, 1.807) is 54.5 Å². The number of amides is 3. The summed E-state index contributed by atoms with van der Waals surface area (Å²) in [7, 11) is 0. The van der Waals surface area contributed by atoms with Crippen LogP contribution in [0.5, 0.6) is 0 Å². The lowest BCUT2D eigenvalue weighted by molar-refractivity contribution is -0.152. The molecule has 0 unspecified atom stereocenters. The molecule has 0 N–H and O–H groups in total. The summed E-state index contributed by atoms with van der Waals surface area (Å²) in [6, 6.07) is 12.6. The van der Waals surface area contributed by atoms with Gasteiger partial charge in [0.05, 0.1) is 24.5 Å². The van der Waals surface area contributed by atoms with E-state index < -0.39 is 5.41 Å². The zero-order valence-corrected chi connectivity index (χ0v) is 19.3. The number of hydrogen-bond acceptors (Lipinski definition) is 6. The van der Waals surface area contributed by atoms with Gasteiger partial charge in [-0.25, -0.2) is 0 Å². The number of likely N-dealkylation sites (tertiary alicyclic amines) is 2. The number of carbonyl (C=O) groups is 4. The molecule has 178 valence electrons. The molecule has 1 aromatic carbocycles. The van der Waals surface area contributed by atoms with Gasteiger partial charge in [-0.1, -0.05) is 36.4 Å². The van der Waals surface area contributed by atoms with E-state index in [0.717, 1.165) is 5.56 Å². The van der Waals surface area contributed by atoms with Crippen LogP contribution in [0, 0.1) is 5.92 Å². The minimum Gasteiger partial charge on any atom is -0.466 e. The van der Waals surface area contributed by atoms with Gasteiger partial charge in [0, 0.05) is 38.3 Å². The zero-order valence-electron chi connectivity index (χ0n) is 19.3. The first-order valence-electron chi connectivity index (χ1n) is 11.7. The molecule has 8 heteroatoms. The Kier molecular flexibility index (Phi) is 7.05. The van der Waals surface area contributed by atoms with Crippen molar-refractivity contribution in [3.8, 4) is 0 Å². The average Bonchev–Trinajstić information content (AvgIpc) is 3.10. The second-order valence-corrected chi connectivity index (χ2v) is 8.88. The minimum absolute atomic E-state index is 0.0724. The number of piperidine rings is 1. The summed E-state index contributed by atoms with van der Waals surface area (Å²) in [6.45, 7) is 2.95. The molecular weight excluding hydrogens is 434 g/mol. The molecule has 2 aromatic rings. The summed E-state index contributed by atoms with van der Waals surface area (Å²) in [4.78, 5) is 59.4. The normalized spacial score (nSPS) is 22.7. The molecule has 2 saturated heterocycles. The Hall–Kier alpha value is -3.55. The fourth-order valence-electron chi connectivity index (χ4n) is 4.88. The van der Waals surface area contributed by atoms with Gasteiger partial charge in [-0.05, 0) is 37.0 Å². The summed E-state index contributed by atoms with van der Waals surface area (Å²) in [5, 5.41) is 0. The predicted molar refractivity (Wildman–Crippen MR) is 123 cm³/mol. The van der Waals surface area contributed by atoms with Crippen molar-refractivity contribution < 1.29 is 23.9 Å². The van der Waals surface area contributed by atoms with Gasteiger partial charge < -0.3 is 9.64 Å². The van der Waals surface area contributed by atoms with Crippen molar-refractivity contribution in [1.82, 2.24) is 14.8 Å². The lowest BCUT2D eigenvalue weighted by Gasteiger charge is -2.34. The van der Waals surface area contributed by atoms with Crippen molar-refractivity contribution >= 4 is 23.7 Å². The highest BCUT2D eigenvalue weighted by atomic mass is 16.5. The van der Waals surface area contributed by atoms with E-state index in [1.807, 2.05) is 12.1 Å². The molecule has 2 aliphatic heterocycles. The molecule has 2 atom stereocenters. The maximum absolute atomic E-state index is 13.8. The molecule has 0 saturated carbocycles. The van der Waals surface area contributed by atoms with Crippen LogP contribution in [0.2, 0.25) is 0 Å². The molecule has 0 bridgehead atoms. The fraction of sp³-hybridized carbons (Fsp3) is 0.423. The molecular formula is C26H29N3O5. The quantitative estimate of drug-likeness (QED) is 0.462. The van der Waals surface area contributed by atoms with Crippen molar-refractivity contribution in [3.63, 3.8) is 0 Å². The largest absolute Gasteiger partial charge is 0.466 e. The number of nitrogens with zero attached hydrogens (tertiary/aromatic N) is 3. The van der Waals surface area contributed by atoms with Crippen molar-refractivity contribution in [2.75, 3.05) is 19.7 Å². The Morgan fingerprint density at radius 2 is 1.94 bits per heavy atom. The number of aromatic nitrogens is 1. The van der Waals surface area contributed by atoms with Gasteiger partial charge in [-0.15, -0.1) is 0 Å².